The van der Waals surface area contributed by atoms with Gasteiger partial charge in [0.1, 0.15) is 12.4 Å². The largest absolute Gasteiger partial charge is 0.480 e. The lowest BCUT2D eigenvalue weighted by atomic mass is 10.1. The van der Waals surface area contributed by atoms with Crippen molar-refractivity contribution in [3.8, 4) is 0 Å². The number of carboxylic acid groups (broad SMARTS) is 1. The van der Waals surface area contributed by atoms with Gasteiger partial charge in [0, 0.05) is 36.6 Å². The number of amides is 2. The van der Waals surface area contributed by atoms with Gasteiger partial charge >= 0.3 is 5.97 Å². The first kappa shape index (κ1) is 19.2. The van der Waals surface area contributed by atoms with E-state index in [1.165, 1.54) is 17.9 Å². The molecule has 1 aliphatic heterocycles. The van der Waals surface area contributed by atoms with Crippen LogP contribution in [0.15, 0.2) is 18.2 Å². The number of benzene rings is 1. The highest BCUT2D eigenvalue weighted by molar-refractivity contribution is 6.31. The number of likely N-dealkylation sites (tertiary alicyclic amines) is 1. The van der Waals surface area contributed by atoms with Gasteiger partial charge in [-0.25, -0.2) is 4.39 Å². The second kappa shape index (κ2) is 8.29. The second-order valence-electron chi connectivity index (χ2n) is 6.08. The summed E-state index contributed by atoms with van der Waals surface area (Å²) < 4.78 is 13.5. The Bertz CT molecular complexity index is 662. The minimum Gasteiger partial charge on any atom is -0.480 e. The van der Waals surface area contributed by atoms with Crippen molar-refractivity contribution >= 4 is 29.4 Å². The zero-order valence-electron chi connectivity index (χ0n) is 13.9. The Morgan fingerprint density at radius 3 is 2.60 bits per heavy atom. The zero-order chi connectivity index (χ0) is 18.6. The lowest BCUT2D eigenvalue weighted by molar-refractivity contribution is -0.145. The number of halogens is 2. The Morgan fingerprint density at radius 1 is 1.28 bits per heavy atom. The van der Waals surface area contributed by atoms with Crippen LogP contribution in [0.2, 0.25) is 5.02 Å². The highest BCUT2D eigenvalue weighted by atomic mass is 35.5. The Balaban J connectivity index is 2.08. The van der Waals surface area contributed by atoms with E-state index < -0.39 is 11.8 Å². The van der Waals surface area contributed by atoms with Crippen LogP contribution in [0.4, 0.5) is 4.39 Å². The Kier molecular flexibility index (Phi) is 6.36. The van der Waals surface area contributed by atoms with Crippen molar-refractivity contribution in [2.45, 2.75) is 32.2 Å². The normalized spacial score (nSPS) is 17.7. The molecule has 136 valence electrons. The molecule has 1 fully saturated rings. The van der Waals surface area contributed by atoms with Crippen LogP contribution < -0.4 is 0 Å². The summed E-state index contributed by atoms with van der Waals surface area (Å²) >= 11 is 5.80. The SMILES string of the molecule is CC(=O)N(CC(=O)O)C1CCCN(C(=O)c2cc(F)cc(Cl)c2)CC1. The minimum atomic E-state index is -1.07. The van der Waals surface area contributed by atoms with Crippen molar-refractivity contribution in [1.29, 1.82) is 0 Å². The van der Waals surface area contributed by atoms with Gasteiger partial charge in [0.25, 0.3) is 5.91 Å². The third-order valence-corrected chi connectivity index (χ3v) is 4.46. The Hall–Kier alpha value is -2.15. The van der Waals surface area contributed by atoms with Crippen molar-refractivity contribution in [2.75, 3.05) is 19.6 Å². The smallest absolute Gasteiger partial charge is 0.323 e. The molecule has 0 bridgehead atoms. The first-order valence-electron chi connectivity index (χ1n) is 8.02. The third kappa shape index (κ3) is 5.16. The van der Waals surface area contributed by atoms with Gasteiger partial charge in [-0.2, -0.15) is 0 Å². The average Bonchev–Trinajstić information content (AvgIpc) is 2.76. The zero-order valence-corrected chi connectivity index (χ0v) is 14.6. The molecule has 1 N–H and O–H groups in total. The van der Waals surface area contributed by atoms with Crippen molar-refractivity contribution in [1.82, 2.24) is 9.80 Å². The lowest BCUT2D eigenvalue weighted by Crippen LogP contribution is -2.43. The highest BCUT2D eigenvalue weighted by Gasteiger charge is 2.28. The topological polar surface area (TPSA) is 77.9 Å². The van der Waals surface area contributed by atoms with Crippen LogP contribution in [-0.4, -0.2) is 58.4 Å². The molecule has 1 unspecified atom stereocenters. The van der Waals surface area contributed by atoms with Crippen LogP contribution in [0.3, 0.4) is 0 Å². The van der Waals surface area contributed by atoms with E-state index in [4.69, 9.17) is 16.7 Å². The van der Waals surface area contributed by atoms with Crippen molar-refractivity contribution in [2.24, 2.45) is 0 Å². The fourth-order valence-corrected chi connectivity index (χ4v) is 3.32. The maximum Gasteiger partial charge on any atom is 0.323 e. The number of rotatable bonds is 4. The van der Waals surface area contributed by atoms with E-state index in [-0.39, 0.29) is 35.0 Å². The van der Waals surface area contributed by atoms with Gasteiger partial charge in [-0.3, -0.25) is 14.4 Å². The predicted molar refractivity (Wildman–Crippen MR) is 90.0 cm³/mol. The molecule has 8 heteroatoms. The summed E-state index contributed by atoms with van der Waals surface area (Å²) in [5.74, 6) is -2.27. The molecule has 0 saturated carbocycles. The predicted octanol–water partition coefficient (Wildman–Crippen LogP) is 2.41. The molecule has 1 aliphatic rings. The van der Waals surface area contributed by atoms with Gasteiger partial charge in [-0.1, -0.05) is 11.6 Å². The Morgan fingerprint density at radius 2 is 2.00 bits per heavy atom. The number of aliphatic carboxylic acids is 1. The van der Waals surface area contributed by atoms with Gasteiger partial charge in [-0.05, 0) is 37.5 Å². The second-order valence-corrected chi connectivity index (χ2v) is 6.51. The monoisotopic (exact) mass is 370 g/mol. The van der Waals surface area contributed by atoms with Gasteiger partial charge < -0.3 is 14.9 Å². The van der Waals surface area contributed by atoms with E-state index in [0.29, 0.717) is 32.4 Å². The van der Waals surface area contributed by atoms with Crippen molar-refractivity contribution < 1.29 is 23.9 Å². The molecule has 0 radical (unpaired) electrons. The summed E-state index contributed by atoms with van der Waals surface area (Å²) in [5, 5.41) is 9.12. The van der Waals surface area contributed by atoms with Crippen LogP contribution in [0, 0.1) is 5.82 Å². The Labute approximate surface area is 150 Å². The summed E-state index contributed by atoms with van der Waals surface area (Å²) in [6, 6.07) is 3.46. The van der Waals surface area contributed by atoms with Gasteiger partial charge in [0.2, 0.25) is 5.91 Å². The molecule has 0 spiro atoms. The van der Waals surface area contributed by atoms with E-state index in [9.17, 15) is 18.8 Å². The standard InChI is InChI=1S/C17H20ClFN2O4/c1-11(22)21(10-16(23)24)15-3-2-5-20(6-4-15)17(25)12-7-13(18)9-14(19)8-12/h7-9,15H,2-6,10H2,1H3,(H,23,24). The number of nitrogens with zero attached hydrogens (tertiary/aromatic N) is 2. The third-order valence-electron chi connectivity index (χ3n) is 4.25. The molecule has 1 aromatic carbocycles. The number of hydrogen-bond acceptors (Lipinski definition) is 3. The van der Waals surface area contributed by atoms with Crippen LogP contribution in [0.5, 0.6) is 0 Å². The van der Waals surface area contributed by atoms with Gasteiger partial charge in [0.05, 0.1) is 0 Å². The summed E-state index contributed by atoms with van der Waals surface area (Å²) in [6.45, 7) is 1.81. The summed E-state index contributed by atoms with van der Waals surface area (Å²) in [6.07, 6.45) is 1.71. The maximum absolute atomic E-state index is 13.5. The highest BCUT2D eigenvalue weighted by Crippen LogP contribution is 2.21. The maximum atomic E-state index is 13.5. The average molecular weight is 371 g/mol. The summed E-state index contributed by atoms with van der Waals surface area (Å²) in [7, 11) is 0. The van der Waals surface area contributed by atoms with Crippen molar-refractivity contribution in [3.05, 3.63) is 34.6 Å². The first-order valence-corrected chi connectivity index (χ1v) is 8.40. The molecule has 0 aliphatic carbocycles. The molecule has 0 aromatic heterocycles. The number of carboxylic acids is 1. The number of carbonyl (C=O) groups excluding carboxylic acids is 2. The molecule has 2 rings (SSSR count). The van der Waals surface area contributed by atoms with Crippen LogP contribution in [0.25, 0.3) is 0 Å². The van der Waals surface area contributed by atoms with E-state index in [0.717, 1.165) is 12.1 Å². The molecule has 1 aromatic rings. The molecule has 25 heavy (non-hydrogen) atoms. The van der Waals surface area contributed by atoms with E-state index in [1.54, 1.807) is 4.90 Å². The molecule has 6 nitrogen and oxygen atoms in total. The summed E-state index contributed by atoms with van der Waals surface area (Å²) in [4.78, 5) is 38.2. The molecule has 2 amide bonds. The van der Waals surface area contributed by atoms with Crippen LogP contribution in [0.1, 0.15) is 36.5 Å². The number of hydrogen-bond donors (Lipinski definition) is 1. The van der Waals surface area contributed by atoms with Gasteiger partial charge in [-0.15, -0.1) is 0 Å². The molecular formula is C17H20ClFN2O4. The van der Waals surface area contributed by atoms with E-state index >= 15 is 0 Å². The van der Waals surface area contributed by atoms with Crippen LogP contribution >= 0.6 is 11.6 Å². The summed E-state index contributed by atoms with van der Waals surface area (Å²) in [5.41, 5.74) is 0.178. The quantitative estimate of drug-likeness (QED) is 0.882. The molecule has 1 saturated heterocycles. The molecule has 1 heterocycles. The first-order chi connectivity index (χ1) is 11.8. The van der Waals surface area contributed by atoms with Crippen LogP contribution in [-0.2, 0) is 9.59 Å². The molecular weight excluding hydrogens is 351 g/mol. The van der Waals surface area contributed by atoms with Gasteiger partial charge in [0.15, 0.2) is 0 Å². The lowest BCUT2D eigenvalue weighted by Gasteiger charge is -2.28. The molecule has 1 atom stereocenters. The van der Waals surface area contributed by atoms with Crippen molar-refractivity contribution in [3.63, 3.8) is 0 Å². The van der Waals surface area contributed by atoms with E-state index in [2.05, 4.69) is 0 Å². The minimum absolute atomic E-state index is 0.153. The fraction of sp³-hybridized carbons (Fsp3) is 0.471. The fourth-order valence-electron chi connectivity index (χ4n) is 3.10. The van der Waals surface area contributed by atoms with E-state index in [1.807, 2.05) is 0 Å². The number of carbonyl (C=O) groups is 3.